The minimum atomic E-state index is -3.27. The van der Waals surface area contributed by atoms with Gasteiger partial charge in [0.25, 0.3) is 0 Å². The second-order valence-electron chi connectivity index (χ2n) is 4.49. The van der Waals surface area contributed by atoms with Crippen molar-refractivity contribution in [2.75, 3.05) is 33.0 Å². The Morgan fingerprint density at radius 1 is 1.39 bits per heavy atom. The fraction of sp³-hybridized carbons (Fsp3) is 0.909. The van der Waals surface area contributed by atoms with Crippen molar-refractivity contribution in [3.63, 3.8) is 0 Å². The van der Waals surface area contributed by atoms with Gasteiger partial charge in [-0.2, -0.15) is 0 Å². The van der Waals surface area contributed by atoms with Crippen LogP contribution in [0.15, 0.2) is 0 Å². The smallest absolute Gasteiger partial charge is 0.305 e. The molecule has 106 valence electrons. The van der Waals surface area contributed by atoms with Gasteiger partial charge in [0.05, 0.1) is 12.9 Å². The standard InChI is InChI=1S/C11H22N2O4S/c1-13(10-5-7-12-8-6-10)18(15,16)9-3-4-11(14)17-2/h10,12H,3-9H2,1-2H3. The lowest BCUT2D eigenvalue weighted by Crippen LogP contribution is -2.44. The highest BCUT2D eigenvalue weighted by atomic mass is 32.2. The third-order valence-electron chi connectivity index (χ3n) is 3.27. The highest BCUT2D eigenvalue weighted by Gasteiger charge is 2.27. The first-order valence-electron chi connectivity index (χ1n) is 6.20. The van der Waals surface area contributed by atoms with Crippen molar-refractivity contribution < 1.29 is 17.9 Å². The van der Waals surface area contributed by atoms with E-state index in [9.17, 15) is 13.2 Å². The molecule has 1 fully saturated rings. The number of piperidine rings is 1. The maximum Gasteiger partial charge on any atom is 0.305 e. The Balaban J connectivity index is 2.43. The van der Waals surface area contributed by atoms with Gasteiger partial charge in [-0.3, -0.25) is 4.79 Å². The Morgan fingerprint density at radius 3 is 2.56 bits per heavy atom. The van der Waals surface area contributed by atoms with E-state index in [1.54, 1.807) is 7.05 Å². The number of nitrogens with one attached hydrogen (secondary N) is 1. The quantitative estimate of drug-likeness (QED) is 0.690. The van der Waals surface area contributed by atoms with Gasteiger partial charge in [-0.15, -0.1) is 0 Å². The van der Waals surface area contributed by atoms with Gasteiger partial charge in [0.1, 0.15) is 0 Å². The predicted molar refractivity (Wildman–Crippen MR) is 68.7 cm³/mol. The number of sulfonamides is 1. The zero-order valence-electron chi connectivity index (χ0n) is 11.0. The van der Waals surface area contributed by atoms with E-state index in [-0.39, 0.29) is 24.2 Å². The van der Waals surface area contributed by atoms with Gasteiger partial charge >= 0.3 is 5.97 Å². The molecule has 0 unspecified atom stereocenters. The maximum atomic E-state index is 12.1. The predicted octanol–water partition coefficient (Wildman–Crippen LogP) is -0.0468. The lowest BCUT2D eigenvalue weighted by atomic mass is 10.1. The van der Waals surface area contributed by atoms with E-state index in [0.717, 1.165) is 25.9 Å². The molecule has 0 saturated carbocycles. The molecule has 0 spiro atoms. The number of hydrogen-bond donors (Lipinski definition) is 1. The zero-order valence-corrected chi connectivity index (χ0v) is 11.8. The minimum Gasteiger partial charge on any atom is -0.469 e. The fourth-order valence-corrected chi connectivity index (χ4v) is 3.50. The molecule has 7 heteroatoms. The van der Waals surface area contributed by atoms with Crippen LogP contribution in [0.3, 0.4) is 0 Å². The van der Waals surface area contributed by atoms with Crippen molar-refractivity contribution in [1.82, 2.24) is 9.62 Å². The fourth-order valence-electron chi connectivity index (χ4n) is 2.04. The SMILES string of the molecule is COC(=O)CCCS(=O)(=O)N(C)C1CCNCC1. The first-order chi connectivity index (χ1) is 8.47. The van der Waals surface area contributed by atoms with Crippen molar-refractivity contribution in [3.05, 3.63) is 0 Å². The molecule has 6 nitrogen and oxygen atoms in total. The summed E-state index contributed by atoms with van der Waals surface area (Å²) >= 11 is 0. The van der Waals surface area contributed by atoms with E-state index in [4.69, 9.17) is 0 Å². The van der Waals surface area contributed by atoms with Crippen LogP contribution in [-0.2, 0) is 19.6 Å². The van der Waals surface area contributed by atoms with E-state index in [0.29, 0.717) is 6.42 Å². The lowest BCUT2D eigenvalue weighted by Gasteiger charge is -2.30. The molecule has 1 rings (SSSR count). The molecule has 18 heavy (non-hydrogen) atoms. The lowest BCUT2D eigenvalue weighted by molar-refractivity contribution is -0.140. The van der Waals surface area contributed by atoms with Crippen molar-refractivity contribution in [2.24, 2.45) is 0 Å². The number of nitrogens with zero attached hydrogens (tertiary/aromatic N) is 1. The van der Waals surface area contributed by atoms with Crippen molar-refractivity contribution >= 4 is 16.0 Å². The van der Waals surface area contributed by atoms with Gasteiger partial charge in [0.15, 0.2) is 0 Å². The number of hydrogen-bond acceptors (Lipinski definition) is 5. The van der Waals surface area contributed by atoms with E-state index in [1.807, 2.05) is 0 Å². The molecule has 1 heterocycles. The summed E-state index contributed by atoms with van der Waals surface area (Å²) in [4.78, 5) is 10.9. The van der Waals surface area contributed by atoms with Crippen LogP contribution in [0, 0.1) is 0 Å². The zero-order chi connectivity index (χ0) is 13.6. The Hall–Kier alpha value is -0.660. The third-order valence-corrected chi connectivity index (χ3v) is 5.25. The summed E-state index contributed by atoms with van der Waals surface area (Å²) in [5, 5.41) is 3.20. The highest BCUT2D eigenvalue weighted by molar-refractivity contribution is 7.89. The van der Waals surface area contributed by atoms with Crippen LogP contribution in [0.5, 0.6) is 0 Å². The summed E-state index contributed by atoms with van der Waals surface area (Å²) in [5.41, 5.74) is 0. The molecule has 0 atom stereocenters. The largest absolute Gasteiger partial charge is 0.469 e. The normalized spacial score (nSPS) is 17.9. The topological polar surface area (TPSA) is 75.7 Å². The Morgan fingerprint density at radius 2 is 2.00 bits per heavy atom. The van der Waals surface area contributed by atoms with Crippen LogP contribution in [-0.4, -0.2) is 57.7 Å². The first-order valence-corrected chi connectivity index (χ1v) is 7.81. The molecule has 1 aliphatic heterocycles. The molecule has 0 aliphatic carbocycles. The summed E-state index contributed by atoms with van der Waals surface area (Å²) in [5.74, 6) is -0.363. The van der Waals surface area contributed by atoms with Gasteiger partial charge in [0.2, 0.25) is 10.0 Å². The van der Waals surface area contributed by atoms with Crippen LogP contribution in [0.25, 0.3) is 0 Å². The van der Waals surface area contributed by atoms with E-state index in [1.165, 1.54) is 11.4 Å². The van der Waals surface area contributed by atoms with Gasteiger partial charge < -0.3 is 10.1 Å². The van der Waals surface area contributed by atoms with E-state index < -0.39 is 10.0 Å². The molecule has 1 saturated heterocycles. The van der Waals surface area contributed by atoms with E-state index >= 15 is 0 Å². The average molecular weight is 278 g/mol. The van der Waals surface area contributed by atoms with Crippen LogP contribution in [0.2, 0.25) is 0 Å². The number of rotatable bonds is 6. The van der Waals surface area contributed by atoms with Crippen molar-refractivity contribution in [1.29, 1.82) is 0 Å². The summed E-state index contributed by atoms with van der Waals surface area (Å²) in [6.45, 7) is 1.71. The molecule has 1 aliphatic rings. The number of ether oxygens (including phenoxy) is 1. The van der Waals surface area contributed by atoms with Gasteiger partial charge in [-0.05, 0) is 32.4 Å². The number of esters is 1. The Labute approximate surface area is 109 Å². The molecule has 1 N–H and O–H groups in total. The number of carbonyl (C=O) groups is 1. The summed E-state index contributed by atoms with van der Waals surface area (Å²) in [7, 11) is -0.334. The van der Waals surface area contributed by atoms with Gasteiger partial charge in [-0.25, -0.2) is 12.7 Å². The second kappa shape index (κ2) is 7.06. The monoisotopic (exact) mass is 278 g/mol. The van der Waals surface area contributed by atoms with Crippen LogP contribution < -0.4 is 5.32 Å². The molecular weight excluding hydrogens is 256 g/mol. The van der Waals surface area contributed by atoms with Crippen LogP contribution in [0.1, 0.15) is 25.7 Å². The second-order valence-corrected chi connectivity index (χ2v) is 6.64. The van der Waals surface area contributed by atoms with Gasteiger partial charge in [-0.1, -0.05) is 0 Å². The molecule has 0 aromatic carbocycles. The summed E-state index contributed by atoms with van der Waals surface area (Å²) in [6, 6.07) is 0.0781. The Bertz CT molecular complexity index is 363. The maximum absolute atomic E-state index is 12.1. The highest BCUT2D eigenvalue weighted by Crippen LogP contribution is 2.15. The first kappa shape index (κ1) is 15.4. The molecule has 0 bridgehead atoms. The molecule has 0 aromatic heterocycles. The van der Waals surface area contributed by atoms with Crippen LogP contribution in [0.4, 0.5) is 0 Å². The summed E-state index contributed by atoms with van der Waals surface area (Å²) in [6.07, 6.45) is 2.14. The molecule has 0 radical (unpaired) electrons. The Kier molecular flexibility index (Phi) is 6.04. The molecule has 0 aromatic rings. The average Bonchev–Trinajstić information content (AvgIpc) is 2.38. The summed E-state index contributed by atoms with van der Waals surface area (Å²) < 4.78 is 30.1. The van der Waals surface area contributed by atoms with E-state index in [2.05, 4.69) is 10.1 Å². The number of carbonyl (C=O) groups excluding carboxylic acids is 1. The molecular formula is C11H22N2O4S. The van der Waals surface area contributed by atoms with Crippen molar-refractivity contribution in [3.8, 4) is 0 Å². The molecule has 0 amide bonds. The van der Waals surface area contributed by atoms with Crippen molar-refractivity contribution in [2.45, 2.75) is 31.7 Å². The third kappa shape index (κ3) is 4.55. The number of methoxy groups -OCH3 is 1. The van der Waals surface area contributed by atoms with Crippen LogP contribution >= 0.6 is 0 Å². The van der Waals surface area contributed by atoms with Gasteiger partial charge in [0, 0.05) is 19.5 Å². The minimum absolute atomic E-state index is 0.00251.